The lowest BCUT2D eigenvalue weighted by molar-refractivity contribution is 0.0770. The summed E-state index contributed by atoms with van der Waals surface area (Å²) in [4.78, 5) is 23.4. The third kappa shape index (κ3) is 4.34. The Morgan fingerprint density at radius 1 is 1.28 bits per heavy atom. The van der Waals surface area contributed by atoms with E-state index in [-0.39, 0.29) is 12.5 Å². The number of likely N-dealkylation sites (tertiary alicyclic amines) is 1. The molecule has 0 unspecified atom stereocenters. The number of fused-ring (bicyclic) bond motifs is 1. The minimum atomic E-state index is -0.0303. The second-order valence-corrected chi connectivity index (χ2v) is 8.67. The summed E-state index contributed by atoms with van der Waals surface area (Å²) in [5.41, 5.74) is 2.51. The fourth-order valence-electron chi connectivity index (χ4n) is 4.14. The summed E-state index contributed by atoms with van der Waals surface area (Å²) in [5, 5.41) is 10.3. The number of pyridine rings is 1. The van der Waals surface area contributed by atoms with Crippen LogP contribution in [0.3, 0.4) is 0 Å². The highest BCUT2D eigenvalue weighted by Gasteiger charge is 2.31. The molecular formula is C23H27N3O2S. The number of benzene rings is 1. The fraction of sp³-hybridized carbons (Fsp3) is 0.391. The Balaban J connectivity index is 1.55. The van der Waals surface area contributed by atoms with Crippen LogP contribution in [0, 0.1) is 0 Å². The standard InChI is InChI=1S/C23H27N3O2S/c1-25(14-15-27)23(28)21-20(19-8-5-11-24-22(19)29-21)18-10-13-26(16-18)12-9-17-6-3-2-4-7-17/h2-8,11,18,27H,9-10,12-16H2,1H3/t18-/m0/s1. The minimum absolute atomic E-state index is 0.0141. The van der Waals surface area contributed by atoms with E-state index in [1.807, 2.05) is 6.07 Å². The van der Waals surface area contributed by atoms with Gasteiger partial charge < -0.3 is 14.9 Å². The zero-order valence-electron chi connectivity index (χ0n) is 16.8. The van der Waals surface area contributed by atoms with Gasteiger partial charge in [0, 0.05) is 44.2 Å². The van der Waals surface area contributed by atoms with E-state index >= 15 is 0 Å². The second kappa shape index (κ2) is 9.03. The summed E-state index contributed by atoms with van der Waals surface area (Å²) in [7, 11) is 1.75. The van der Waals surface area contributed by atoms with Crippen LogP contribution in [0.4, 0.5) is 0 Å². The Morgan fingerprint density at radius 3 is 2.90 bits per heavy atom. The van der Waals surface area contributed by atoms with E-state index in [0.29, 0.717) is 12.5 Å². The quantitative estimate of drug-likeness (QED) is 0.650. The van der Waals surface area contributed by atoms with Crippen molar-refractivity contribution < 1.29 is 9.90 Å². The van der Waals surface area contributed by atoms with E-state index in [4.69, 9.17) is 0 Å². The van der Waals surface area contributed by atoms with Crippen LogP contribution in [0.2, 0.25) is 0 Å². The Morgan fingerprint density at radius 2 is 2.10 bits per heavy atom. The molecule has 1 atom stereocenters. The lowest BCUT2D eigenvalue weighted by atomic mass is 9.95. The monoisotopic (exact) mass is 409 g/mol. The number of aromatic nitrogens is 1. The SMILES string of the molecule is CN(CCO)C(=O)c1sc2ncccc2c1[C@H]1CCN(CCc2ccccc2)C1. The molecule has 3 aromatic rings. The van der Waals surface area contributed by atoms with Gasteiger partial charge in [0.25, 0.3) is 5.91 Å². The number of thiophene rings is 1. The van der Waals surface area contributed by atoms with Gasteiger partial charge in [-0.1, -0.05) is 36.4 Å². The molecule has 29 heavy (non-hydrogen) atoms. The molecule has 1 aliphatic heterocycles. The molecule has 1 aromatic carbocycles. The number of likely N-dealkylation sites (N-methyl/N-ethyl adjacent to an activating group) is 1. The predicted octanol–water partition coefficient (Wildman–Crippen LogP) is 3.39. The average molecular weight is 410 g/mol. The third-order valence-electron chi connectivity index (χ3n) is 5.72. The normalized spacial score (nSPS) is 17.1. The van der Waals surface area contributed by atoms with E-state index in [1.54, 1.807) is 18.1 Å². The maximum atomic E-state index is 13.1. The molecule has 1 saturated heterocycles. The Bertz CT molecular complexity index is 973. The van der Waals surface area contributed by atoms with Crippen LogP contribution in [0.1, 0.15) is 33.1 Å². The van der Waals surface area contributed by atoms with Gasteiger partial charge in [0.05, 0.1) is 11.5 Å². The van der Waals surface area contributed by atoms with Gasteiger partial charge in [-0.15, -0.1) is 11.3 Å². The first-order chi connectivity index (χ1) is 14.2. The van der Waals surface area contributed by atoms with Crippen molar-refractivity contribution in [2.24, 2.45) is 0 Å². The molecule has 2 aromatic heterocycles. The summed E-state index contributed by atoms with van der Waals surface area (Å²) in [5.74, 6) is 0.324. The number of aliphatic hydroxyl groups excluding tert-OH is 1. The van der Waals surface area contributed by atoms with Crippen molar-refractivity contribution in [3.05, 3.63) is 64.7 Å². The van der Waals surface area contributed by atoms with Crippen molar-refractivity contribution in [3.63, 3.8) is 0 Å². The van der Waals surface area contributed by atoms with E-state index in [2.05, 4.69) is 46.3 Å². The summed E-state index contributed by atoms with van der Waals surface area (Å²) >= 11 is 1.48. The van der Waals surface area contributed by atoms with Gasteiger partial charge >= 0.3 is 0 Å². The van der Waals surface area contributed by atoms with Crippen LogP contribution in [-0.2, 0) is 6.42 Å². The molecule has 0 radical (unpaired) electrons. The number of hydrogen-bond donors (Lipinski definition) is 1. The van der Waals surface area contributed by atoms with Crippen molar-refractivity contribution in [2.75, 3.05) is 39.8 Å². The first-order valence-corrected chi connectivity index (χ1v) is 11.0. The number of amides is 1. The maximum absolute atomic E-state index is 13.1. The lowest BCUT2D eigenvalue weighted by Crippen LogP contribution is -2.30. The maximum Gasteiger partial charge on any atom is 0.264 e. The summed E-state index contributed by atoms with van der Waals surface area (Å²) in [6.07, 6.45) is 3.89. The van der Waals surface area contributed by atoms with Gasteiger partial charge in [0.2, 0.25) is 0 Å². The van der Waals surface area contributed by atoms with Crippen LogP contribution in [0.25, 0.3) is 10.2 Å². The highest BCUT2D eigenvalue weighted by atomic mass is 32.1. The van der Waals surface area contributed by atoms with Crippen molar-refractivity contribution in [1.29, 1.82) is 0 Å². The fourth-order valence-corrected chi connectivity index (χ4v) is 5.37. The predicted molar refractivity (Wildman–Crippen MR) is 118 cm³/mol. The first-order valence-electron chi connectivity index (χ1n) is 10.2. The number of hydrogen-bond acceptors (Lipinski definition) is 5. The van der Waals surface area contributed by atoms with Crippen LogP contribution in [-0.4, -0.2) is 65.6 Å². The Labute approximate surface area is 175 Å². The van der Waals surface area contributed by atoms with Gasteiger partial charge in [-0.05, 0) is 36.6 Å². The summed E-state index contributed by atoms with van der Waals surface area (Å²) in [6.45, 7) is 3.37. The topological polar surface area (TPSA) is 56.7 Å². The molecule has 3 heterocycles. The molecular weight excluding hydrogens is 382 g/mol. The van der Waals surface area contributed by atoms with Crippen molar-refractivity contribution in [3.8, 4) is 0 Å². The molecule has 0 saturated carbocycles. The molecule has 0 bridgehead atoms. The summed E-state index contributed by atoms with van der Waals surface area (Å²) < 4.78 is 0. The van der Waals surface area contributed by atoms with Gasteiger partial charge in [0.1, 0.15) is 4.83 Å². The Hall–Kier alpha value is -2.28. The van der Waals surface area contributed by atoms with Crippen LogP contribution in [0.5, 0.6) is 0 Å². The largest absolute Gasteiger partial charge is 0.395 e. The van der Waals surface area contributed by atoms with E-state index in [0.717, 1.165) is 53.1 Å². The molecule has 1 aliphatic rings. The van der Waals surface area contributed by atoms with Crippen molar-refractivity contribution >= 4 is 27.5 Å². The van der Waals surface area contributed by atoms with Crippen molar-refractivity contribution in [1.82, 2.24) is 14.8 Å². The smallest absolute Gasteiger partial charge is 0.264 e. The molecule has 0 aliphatic carbocycles. The van der Waals surface area contributed by atoms with Crippen LogP contribution in [0.15, 0.2) is 48.7 Å². The number of nitrogens with zero attached hydrogens (tertiary/aromatic N) is 3. The minimum Gasteiger partial charge on any atom is -0.395 e. The molecule has 1 fully saturated rings. The van der Waals surface area contributed by atoms with Gasteiger partial charge in [0.15, 0.2) is 0 Å². The molecule has 6 heteroatoms. The molecule has 1 amide bonds. The van der Waals surface area contributed by atoms with Crippen LogP contribution < -0.4 is 0 Å². The molecule has 5 nitrogen and oxygen atoms in total. The molecule has 0 spiro atoms. The molecule has 152 valence electrons. The lowest BCUT2D eigenvalue weighted by Gasteiger charge is -2.19. The Kier molecular flexibility index (Phi) is 6.23. The molecule has 4 rings (SSSR count). The highest BCUT2D eigenvalue weighted by molar-refractivity contribution is 7.20. The van der Waals surface area contributed by atoms with Crippen molar-refractivity contribution in [2.45, 2.75) is 18.8 Å². The number of carbonyl (C=O) groups excluding carboxylic acids is 1. The van der Waals surface area contributed by atoms with Gasteiger partial charge in [-0.2, -0.15) is 0 Å². The van der Waals surface area contributed by atoms with E-state index in [9.17, 15) is 9.90 Å². The van der Waals surface area contributed by atoms with Crippen LogP contribution >= 0.6 is 11.3 Å². The van der Waals surface area contributed by atoms with E-state index < -0.39 is 0 Å². The van der Waals surface area contributed by atoms with Gasteiger partial charge in [-0.25, -0.2) is 4.98 Å². The zero-order valence-corrected chi connectivity index (χ0v) is 17.6. The number of carbonyl (C=O) groups is 1. The van der Waals surface area contributed by atoms with E-state index in [1.165, 1.54) is 16.9 Å². The number of aliphatic hydroxyl groups is 1. The zero-order chi connectivity index (χ0) is 20.2. The second-order valence-electron chi connectivity index (χ2n) is 7.67. The third-order valence-corrected chi connectivity index (χ3v) is 6.84. The summed E-state index contributed by atoms with van der Waals surface area (Å²) in [6, 6.07) is 14.6. The molecule has 1 N–H and O–H groups in total. The highest BCUT2D eigenvalue weighted by Crippen LogP contribution is 2.39. The first kappa shape index (κ1) is 20.0. The number of rotatable bonds is 7. The van der Waals surface area contributed by atoms with Gasteiger partial charge in [-0.3, -0.25) is 4.79 Å². The average Bonchev–Trinajstić information content (AvgIpc) is 3.36.